The van der Waals surface area contributed by atoms with E-state index in [2.05, 4.69) is 10.2 Å². The van der Waals surface area contributed by atoms with Crippen LogP contribution in [-0.4, -0.2) is 22.7 Å². The van der Waals surface area contributed by atoms with Crippen LogP contribution in [0.2, 0.25) is 0 Å². The summed E-state index contributed by atoms with van der Waals surface area (Å²) in [6.45, 7) is 3.93. The normalized spacial score (nSPS) is 11.5. The second-order valence-corrected chi connectivity index (χ2v) is 6.28. The molecule has 0 fully saturated rings. The molecule has 1 N–H and O–H groups in total. The highest BCUT2D eigenvalue weighted by atomic mass is 16.5. The quantitative estimate of drug-likeness (QED) is 0.672. The lowest BCUT2D eigenvalue weighted by molar-refractivity contribution is -0.117. The number of nitrogens with zero attached hydrogens (tertiary/aromatic N) is 3. The zero-order valence-corrected chi connectivity index (χ0v) is 15.0. The van der Waals surface area contributed by atoms with Gasteiger partial charge in [-0.1, -0.05) is 30.3 Å². The first-order valence-corrected chi connectivity index (χ1v) is 8.40. The van der Waals surface area contributed by atoms with E-state index in [1.807, 2.05) is 56.3 Å². The highest BCUT2D eigenvalue weighted by Gasteiger charge is 2.19. The molecule has 6 nitrogen and oxygen atoms in total. The molecule has 3 rings (SSSR count). The minimum atomic E-state index is -0.371. The summed E-state index contributed by atoms with van der Waals surface area (Å²) >= 11 is 0. The molecule has 0 atom stereocenters. The summed E-state index contributed by atoms with van der Waals surface area (Å²) in [7, 11) is 1.57. The fourth-order valence-corrected chi connectivity index (χ4v) is 2.92. The summed E-state index contributed by atoms with van der Waals surface area (Å²) in [5.41, 5.74) is 1.95. The molecule has 0 saturated heterocycles. The van der Waals surface area contributed by atoms with E-state index in [-0.39, 0.29) is 29.9 Å². The third kappa shape index (κ3) is 3.44. The second kappa shape index (κ2) is 7.39. The molecule has 0 aliphatic rings. The van der Waals surface area contributed by atoms with Gasteiger partial charge in [-0.3, -0.25) is 4.79 Å². The smallest absolute Gasteiger partial charge is 0.269 e. The van der Waals surface area contributed by atoms with Gasteiger partial charge in [0.25, 0.3) is 5.91 Å². The molecule has 0 unspecified atom stereocenters. The minimum absolute atomic E-state index is 0.0143. The van der Waals surface area contributed by atoms with E-state index in [0.717, 1.165) is 11.1 Å². The number of ether oxygens (including phenoxy) is 1. The predicted octanol–water partition coefficient (Wildman–Crippen LogP) is 4.79. The summed E-state index contributed by atoms with van der Waals surface area (Å²) in [4.78, 5) is 12.1. The Labute approximate surface area is 151 Å². The lowest BCUT2D eigenvalue weighted by Crippen LogP contribution is -1.99. The zero-order chi connectivity index (χ0) is 18.7. The molecule has 1 heterocycles. The Kier molecular flexibility index (Phi) is 5.02. The van der Waals surface area contributed by atoms with Crippen LogP contribution in [0.15, 0.2) is 58.8 Å². The zero-order valence-electron chi connectivity index (χ0n) is 15.0. The maximum atomic E-state index is 12.1. The van der Waals surface area contributed by atoms with Crippen LogP contribution in [-0.2, 0) is 11.2 Å². The number of benzene rings is 2. The van der Waals surface area contributed by atoms with Gasteiger partial charge in [0.2, 0.25) is 5.88 Å². The molecule has 0 aliphatic carbocycles. The number of methoxy groups -OCH3 is 1. The Hall–Kier alpha value is -3.15. The molecule has 6 heteroatoms. The number of azo groups is 1. The molecular formula is C20H21N3O3. The van der Waals surface area contributed by atoms with Gasteiger partial charge in [0, 0.05) is 11.4 Å². The molecule has 2 aromatic carbocycles. The Morgan fingerprint density at radius 2 is 1.92 bits per heavy atom. The van der Waals surface area contributed by atoms with Crippen molar-refractivity contribution in [2.75, 3.05) is 7.11 Å². The van der Waals surface area contributed by atoms with Crippen LogP contribution in [0.1, 0.15) is 25.5 Å². The molecule has 0 spiro atoms. The minimum Gasteiger partial charge on any atom is -0.497 e. The second-order valence-electron chi connectivity index (χ2n) is 6.28. The molecule has 0 aliphatic heterocycles. The van der Waals surface area contributed by atoms with Gasteiger partial charge in [-0.05, 0) is 37.6 Å². The van der Waals surface area contributed by atoms with Crippen LogP contribution in [0.3, 0.4) is 0 Å². The molecular weight excluding hydrogens is 330 g/mol. The standard InChI is InChI=1S/C20H21N3O3/c1-13(2)23-17-10-9-15(26-3)12-16(17)19(20(23)25)22-21-18(24)11-14-7-5-4-6-8-14/h4-10,12-13,25H,11H2,1-3H3. The number of carbonyl (C=O) groups excluding carboxylic acids is 1. The van der Waals surface area contributed by atoms with Crippen molar-refractivity contribution < 1.29 is 14.6 Å². The Morgan fingerprint density at radius 1 is 1.19 bits per heavy atom. The number of fused-ring (bicyclic) bond motifs is 1. The predicted molar refractivity (Wildman–Crippen MR) is 100 cm³/mol. The van der Waals surface area contributed by atoms with Crippen molar-refractivity contribution in [2.45, 2.75) is 26.3 Å². The molecule has 134 valence electrons. The number of rotatable bonds is 5. The van der Waals surface area contributed by atoms with Crippen molar-refractivity contribution in [1.82, 2.24) is 4.57 Å². The first-order chi connectivity index (χ1) is 12.5. The van der Waals surface area contributed by atoms with Crippen LogP contribution >= 0.6 is 0 Å². The van der Waals surface area contributed by atoms with Gasteiger partial charge >= 0.3 is 0 Å². The molecule has 1 aromatic heterocycles. The summed E-state index contributed by atoms with van der Waals surface area (Å²) in [5.74, 6) is 0.258. The van der Waals surface area contributed by atoms with E-state index in [9.17, 15) is 9.90 Å². The first-order valence-electron chi connectivity index (χ1n) is 8.40. The molecule has 1 amide bonds. The Balaban J connectivity index is 1.98. The van der Waals surface area contributed by atoms with Gasteiger partial charge in [0.1, 0.15) is 5.75 Å². The fraction of sp³-hybridized carbons (Fsp3) is 0.250. The van der Waals surface area contributed by atoms with Gasteiger partial charge in [0.15, 0.2) is 5.69 Å². The van der Waals surface area contributed by atoms with E-state index in [1.165, 1.54) is 0 Å². The van der Waals surface area contributed by atoms with Crippen molar-refractivity contribution >= 4 is 22.5 Å². The van der Waals surface area contributed by atoms with Gasteiger partial charge in [-0.25, -0.2) is 0 Å². The van der Waals surface area contributed by atoms with Crippen LogP contribution in [0.5, 0.6) is 11.6 Å². The Morgan fingerprint density at radius 3 is 2.58 bits per heavy atom. The molecule has 0 saturated carbocycles. The highest BCUT2D eigenvalue weighted by Crippen LogP contribution is 2.42. The first kappa shape index (κ1) is 17.7. The number of aromatic hydroxyl groups is 1. The Bertz CT molecular complexity index is 959. The number of hydrogen-bond acceptors (Lipinski definition) is 4. The van der Waals surface area contributed by atoms with Crippen LogP contribution < -0.4 is 4.74 Å². The van der Waals surface area contributed by atoms with Crippen molar-refractivity contribution in [3.05, 3.63) is 54.1 Å². The van der Waals surface area contributed by atoms with Crippen molar-refractivity contribution in [1.29, 1.82) is 0 Å². The topological polar surface area (TPSA) is 76.2 Å². The molecule has 0 bridgehead atoms. The molecule has 3 aromatic rings. The van der Waals surface area contributed by atoms with Gasteiger partial charge in [-0.15, -0.1) is 10.2 Å². The van der Waals surface area contributed by atoms with Crippen LogP contribution in [0.4, 0.5) is 5.69 Å². The molecule has 0 radical (unpaired) electrons. The average Bonchev–Trinajstić information content (AvgIpc) is 2.91. The highest BCUT2D eigenvalue weighted by molar-refractivity contribution is 5.96. The third-order valence-corrected chi connectivity index (χ3v) is 4.13. The molecule has 26 heavy (non-hydrogen) atoms. The number of amides is 1. The lowest BCUT2D eigenvalue weighted by Gasteiger charge is -2.10. The van der Waals surface area contributed by atoms with E-state index in [1.54, 1.807) is 17.7 Å². The average molecular weight is 351 g/mol. The third-order valence-electron chi connectivity index (χ3n) is 4.13. The fourth-order valence-electron chi connectivity index (χ4n) is 2.92. The summed E-state index contributed by atoms with van der Waals surface area (Å²) in [5, 5.41) is 19.2. The summed E-state index contributed by atoms with van der Waals surface area (Å²) in [6.07, 6.45) is 0.164. The van der Waals surface area contributed by atoms with Gasteiger partial charge < -0.3 is 14.4 Å². The maximum Gasteiger partial charge on any atom is 0.269 e. The maximum absolute atomic E-state index is 12.1. The van der Waals surface area contributed by atoms with Crippen molar-refractivity contribution in [3.8, 4) is 11.6 Å². The van der Waals surface area contributed by atoms with Gasteiger partial charge in [-0.2, -0.15) is 0 Å². The number of carbonyl (C=O) groups is 1. The van der Waals surface area contributed by atoms with Crippen molar-refractivity contribution in [2.24, 2.45) is 10.2 Å². The van der Waals surface area contributed by atoms with Crippen molar-refractivity contribution in [3.63, 3.8) is 0 Å². The SMILES string of the molecule is COc1ccc2c(c1)c(N=NC(=O)Cc1ccccc1)c(O)n2C(C)C. The van der Waals surface area contributed by atoms with Crippen LogP contribution in [0, 0.1) is 0 Å². The lowest BCUT2D eigenvalue weighted by atomic mass is 10.1. The monoisotopic (exact) mass is 351 g/mol. The largest absolute Gasteiger partial charge is 0.497 e. The number of aromatic nitrogens is 1. The van der Waals surface area contributed by atoms with Crippen LogP contribution in [0.25, 0.3) is 10.9 Å². The van der Waals surface area contributed by atoms with Gasteiger partial charge in [0.05, 0.1) is 19.0 Å². The van der Waals surface area contributed by atoms with E-state index in [4.69, 9.17) is 4.74 Å². The summed E-state index contributed by atoms with van der Waals surface area (Å²) < 4.78 is 7.02. The van der Waals surface area contributed by atoms with E-state index in [0.29, 0.717) is 11.1 Å². The number of hydrogen-bond donors (Lipinski definition) is 1. The summed E-state index contributed by atoms with van der Waals surface area (Å²) in [6, 6.07) is 14.8. The van der Waals surface area contributed by atoms with E-state index < -0.39 is 0 Å². The van der Waals surface area contributed by atoms with E-state index >= 15 is 0 Å².